The topological polar surface area (TPSA) is 30.5 Å². The van der Waals surface area contributed by atoms with E-state index < -0.39 is 0 Å². The van der Waals surface area contributed by atoms with Crippen LogP contribution in [-0.4, -0.2) is 26.8 Å². The van der Waals surface area contributed by atoms with Gasteiger partial charge in [0, 0.05) is 6.42 Å². The molecular formula is C12H16FNO2. The van der Waals surface area contributed by atoms with Crippen molar-refractivity contribution >= 4 is 0 Å². The third-order valence-electron chi connectivity index (χ3n) is 2.57. The lowest BCUT2D eigenvalue weighted by molar-refractivity contribution is 0.291. The minimum atomic E-state index is -0.342. The summed E-state index contributed by atoms with van der Waals surface area (Å²) in [6.07, 6.45) is 1.60. The molecule has 1 heterocycles. The van der Waals surface area contributed by atoms with Gasteiger partial charge in [-0.15, -0.1) is 0 Å². The fourth-order valence-corrected chi connectivity index (χ4v) is 1.74. The van der Waals surface area contributed by atoms with E-state index >= 15 is 0 Å². The number of hydrogen-bond acceptors (Lipinski definition) is 3. The molecule has 3 nitrogen and oxygen atoms in total. The Morgan fingerprint density at radius 3 is 2.75 bits per heavy atom. The summed E-state index contributed by atoms with van der Waals surface area (Å²) in [5.41, 5.74) is 0.993. The molecule has 0 saturated heterocycles. The number of ether oxygens (including phenoxy) is 2. The summed E-state index contributed by atoms with van der Waals surface area (Å²) in [5.74, 6) is 0.504. The zero-order valence-electron chi connectivity index (χ0n) is 9.38. The van der Waals surface area contributed by atoms with Crippen LogP contribution < -0.4 is 14.8 Å². The highest BCUT2D eigenvalue weighted by molar-refractivity contribution is 5.48. The zero-order chi connectivity index (χ0) is 11.4. The molecule has 0 saturated carbocycles. The van der Waals surface area contributed by atoms with Gasteiger partial charge in [-0.3, -0.25) is 0 Å². The smallest absolute Gasteiger partial charge is 0.197 e. The Labute approximate surface area is 94.6 Å². The van der Waals surface area contributed by atoms with Crippen molar-refractivity contribution in [3.05, 3.63) is 23.5 Å². The van der Waals surface area contributed by atoms with Crippen molar-refractivity contribution in [3.8, 4) is 11.5 Å². The van der Waals surface area contributed by atoms with Crippen LogP contribution in [-0.2, 0) is 6.42 Å². The van der Waals surface area contributed by atoms with Crippen molar-refractivity contribution in [1.29, 1.82) is 0 Å². The van der Waals surface area contributed by atoms with Crippen molar-refractivity contribution in [3.63, 3.8) is 0 Å². The van der Waals surface area contributed by atoms with E-state index in [0.29, 0.717) is 19.0 Å². The normalized spacial score (nSPS) is 14.6. The van der Waals surface area contributed by atoms with Gasteiger partial charge in [-0.25, -0.2) is 4.39 Å². The molecule has 0 radical (unpaired) electrons. The molecule has 1 aliphatic heterocycles. The van der Waals surface area contributed by atoms with Gasteiger partial charge >= 0.3 is 0 Å². The predicted molar refractivity (Wildman–Crippen MR) is 59.6 cm³/mol. The molecule has 0 unspecified atom stereocenters. The first-order valence-electron chi connectivity index (χ1n) is 5.54. The van der Waals surface area contributed by atoms with Gasteiger partial charge in [0.25, 0.3) is 0 Å². The Morgan fingerprint density at radius 2 is 2.00 bits per heavy atom. The molecule has 0 aromatic heterocycles. The molecule has 4 heteroatoms. The highest BCUT2D eigenvalue weighted by atomic mass is 19.1. The molecular weight excluding hydrogens is 209 g/mol. The van der Waals surface area contributed by atoms with Crippen LogP contribution in [0.1, 0.15) is 12.0 Å². The SMILES string of the molecule is CNCCc1ccc(F)c2c1OCCCO2. The molecule has 0 bridgehead atoms. The molecule has 88 valence electrons. The third kappa shape index (κ3) is 2.27. The van der Waals surface area contributed by atoms with E-state index in [0.717, 1.165) is 24.9 Å². The molecule has 0 spiro atoms. The fourth-order valence-electron chi connectivity index (χ4n) is 1.74. The maximum Gasteiger partial charge on any atom is 0.197 e. The Morgan fingerprint density at radius 1 is 1.25 bits per heavy atom. The quantitative estimate of drug-likeness (QED) is 0.850. The minimum absolute atomic E-state index is 0.270. The summed E-state index contributed by atoms with van der Waals surface area (Å²) in [7, 11) is 1.89. The maximum absolute atomic E-state index is 13.5. The molecule has 0 amide bonds. The molecule has 1 aromatic rings. The van der Waals surface area contributed by atoms with Gasteiger partial charge in [-0.2, -0.15) is 0 Å². The monoisotopic (exact) mass is 225 g/mol. The lowest BCUT2D eigenvalue weighted by atomic mass is 10.1. The minimum Gasteiger partial charge on any atom is -0.489 e. The standard InChI is InChI=1S/C12H16FNO2/c1-14-6-5-9-3-4-10(13)12-11(9)15-7-2-8-16-12/h3-4,14H,2,5-8H2,1H3. The van der Waals surface area contributed by atoms with Crippen LogP contribution in [0, 0.1) is 5.82 Å². The number of hydrogen-bond donors (Lipinski definition) is 1. The van der Waals surface area contributed by atoms with Gasteiger partial charge in [0.1, 0.15) is 0 Å². The first kappa shape index (κ1) is 11.2. The second kappa shape index (κ2) is 5.16. The van der Waals surface area contributed by atoms with Gasteiger partial charge in [0.15, 0.2) is 17.3 Å². The molecule has 1 aliphatic rings. The first-order chi connectivity index (χ1) is 7.83. The molecule has 1 N–H and O–H groups in total. The van der Waals surface area contributed by atoms with E-state index in [1.807, 2.05) is 7.05 Å². The van der Waals surface area contributed by atoms with Gasteiger partial charge in [0.2, 0.25) is 0 Å². The Balaban J connectivity index is 2.31. The lowest BCUT2D eigenvalue weighted by Crippen LogP contribution is -2.11. The van der Waals surface area contributed by atoms with E-state index in [-0.39, 0.29) is 11.6 Å². The molecule has 1 aromatic carbocycles. The molecule has 2 rings (SSSR count). The van der Waals surface area contributed by atoms with Crippen LogP contribution in [0.2, 0.25) is 0 Å². The van der Waals surface area contributed by atoms with Crippen molar-refractivity contribution in [2.24, 2.45) is 0 Å². The second-order valence-electron chi connectivity index (χ2n) is 3.77. The summed E-state index contributed by atoms with van der Waals surface area (Å²) in [5, 5.41) is 3.06. The van der Waals surface area contributed by atoms with Gasteiger partial charge < -0.3 is 14.8 Å². The van der Waals surface area contributed by atoms with Crippen molar-refractivity contribution < 1.29 is 13.9 Å². The highest BCUT2D eigenvalue weighted by Gasteiger charge is 2.18. The Kier molecular flexibility index (Phi) is 3.62. The largest absolute Gasteiger partial charge is 0.489 e. The average molecular weight is 225 g/mol. The van der Waals surface area contributed by atoms with Gasteiger partial charge in [0.05, 0.1) is 13.2 Å². The summed E-state index contributed by atoms with van der Waals surface area (Å²) in [6.45, 7) is 1.93. The highest BCUT2D eigenvalue weighted by Crippen LogP contribution is 2.36. The number of nitrogens with one attached hydrogen (secondary N) is 1. The lowest BCUT2D eigenvalue weighted by Gasteiger charge is -2.12. The zero-order valence-corrected chi connectivity index (χ0v) is 9.38. The maximum atomic E-state index is 13.5. The van der Waals surface area contributed by atoms with Gasteiger partial charge in [-0.05, 0) is 31.6 Å². The van der Waals surface area contributed by atoms with Crippen LogP contribution in [0.25, 0.3) is 0 Å². The van der Waals surface area contributed by atoms with E-state index in [1.54, 1.807) is 6.07 Å². The number of rotatable bonds is 3. The Hall–Kier alpha value is -1.29. The number of halogens is 1. The van der Waals surface area contributed by atoms with E-state index in [4.69, 9.17) is 9.47 Å². The number of likely N-dealkylation sites (N-methyl/N-ethyl adjacent to an activating group) is 1. The summed E-state index contributed by atoms with van der Waals surface area (Å²) in [4.78, 5) is 0. The van der Waals surface area contributed by atoms with Crippen LogP contribution >= 0.6 is 0 Å². The van der Waals surface area contributed by atoms with Crippen molar-refractivity contribution in [1.82, 2.24) is 5.32 Å². The van der Waals surface area contributed by atoms with Crippen LogP contribution in [0.4, 0.5) is 4.39 Å². The summed E-state index contributed by atoms with van der Waals surface area (Å²) < 4.78 is 24.5. The van der Waals surface area contributed by atoms with Crippen LogP contribution in [0.3, 0.4) is 0 Å². The average Bonchev–Trinajstić information content (AvgIpc) is 2.54. The Bertz CT molecular complexity index is 368. The summed E-state index contributed by atoms with van der Waals surface area (Å²) in [6, 6.07) is 3.21. The van der Waals surface area contributed by atoms with Crippen LogP contribution in [0.5, 0.6) is 11.5 Å². The molecule has 0 aliphatic carbocycles. The molecule has 0 fully saturated rings. The predicted octanol–water partition coefficient (Wildman–Crippen LogP) is 1.75. The molecule has 16 heavy (non-hydrogen) atoms. The fraction of sp³-hybridized carbons (Fsp3) is 0.500. The summed E-state index contributed by atoms with van der Waals surface area (Å²) >= 11 is 0. The van der Waals surface area contributed by atoms with E-state index in [9.17, 15) is 4.39 Å². The van der Waals surface area contributed by atoms with Crippen molar-refractivity contribution in [2.75, 3.05) is 26.8 Å². The molecule has 0 atom stereocenters. The van der Waals surface area contributed by atoms with Crippen molar-refractivity contribution in [2.45, 2.75) is 12.8 Å². The second-order valence-corrected chi connectivity index (χ2v) is 3.77. The number of fused-ring (bicyclic) bond motifs is 1. The third-order valence-corrected chi connectivity index (χ3v) is 2.57. The van der Waals surface area contributed by atoms with Crippen LogP contribution in [0.15, 0.2) is 12.1 Å². The first-order valence-corrected chi connectivity index (χ1v) is 5.54. The van der Waals surface area contributed by atoms with E-state index in [1.165, 1.54) is 6.07 Å². The van der Waals surface area contributed by atoms with E-state index in [2.05, 4.69) is 5.32 Å². The van der Waals surface area contributed by atoms with Gasteiger partial charge in [-0.1, -0.05) is 6.07 Å². The number of benzene rings is 1.